The highest BCUT2D eigenvalue weighted by atomic mass is 79.9. The third-order valence-electron chi connectivity index (χ3n) is 1.40. The summed E-state index contributed by atoms with van der Waals surface area (Å²) in [6, 6.07) is 4.98. The van der Waals surface area contributed by atoms with Crippen LogP contribution in [0.5, 0.6) is 0 Å². The molecule has 14 heavy (non-hydrogen) atoms. The zero-order valence-electron chi connectivity index (χ0n) is 8.50. The van der Waals surface area contributed by atoms with Crippen LogP contribution in [-0.4, -0.2) is 13.1 Å². The highest BCUT2D eigenvalue weighted by Crippen LogP contribution is 2.19. The van der Waals surface area contributed by atoms with E-state index in [4.69, 9.17) is 5.73 Å². The number of halogens is 1. The number of esters is 1. The molecule has 1 aromatic carbocycles. The van der Waals surface area contributed by atoms with Crippen LogP contribution < -0.4 is 5.73 Å². The molecule has 0 fully saturated rings. The maximum Gasteiger partial charge on any atom is 0.339 e. The van der Waals surface area contributed by atoms with E-state index in [2.05, 4.69) is 20.7 Å². The van der Waals surface area contributed by atoms with Gasteiger partial charge in [0.05, 0.1) is 12.7 Å². The van der Waals surface area contributed by atoms with Crippen molar-refractivity contribution in [2.24, 2.45) is 0 Å². The van der Waals surface area contributed by atoms with Gasteiger partial charge < -0.3 is 10.5 Å². The minimum Gasteiger partial charge on any atom is -0.465 e. The minimum atomic E-state index is -0.394. The first-order chi connectivity index (χ1) is 6.65. The van der Waals surface area contributed by atoms with E-state index in [0.29, 0.717) is 15.7 Å². The summed E-state index contributed by atoms with van der Waals surface area (Å²) in [6.07, 6.45) is 0. The van der Waals surface area contributed by atoms with Gasteiger partial charge in [0.25, 0.3) is 0 Å². The topological polar surface area (TPSA) is 52.3 Å². The number of nitrogens with two attached hydrogens (primary N) is 1. The normalized spacial score (nSPS) is 8.57. The largest absolute Gasteiger partial charge is 0.465 e. The number of ether oxygens (including phenoxy) is 1. The van der Waals surface area contributed by atoms with Crippen molar-refractivity contribution in [1.82, 2.24) is 0 Å². The lowest BCUT2D eigenvalue weighted by atomic mass is 10.2. The molecule has 0 unspecified atom stereocenters. The second kappa shape index (κ2) is 6.43. The Balaban J connectivity index is 0.000000791. The van der Waals surface area contributed by atoms with Crippen molar-refractivity contribution < 1.29 is 9.53 Å². The highest BCUT2D eigenvalue weighted by Gasteiger charge is 2.09. The first-order valence-electron chi connectivity index (χ1n) is 4.28. The summed E-state index contributed by atoms with van der Waals surface area (Å²) in [6.45, 7) is 4.00. The lowest BCUT2D eigenvalue weighted by Crippen LogP contribution is -2.02. The second-order valence-electron chi connectivity index (χ2n) is 2.23. The predicted molar refractivity (Wildman–Crippen MR) is 61.2 cm³/mol. The molecular formula is C10H14BrNO2. The van der Waals surface area contributed by atoms with Crippen LogP contribution in [0.1, 0.15) is 24.2 Å². The Hall–Kier alpha value is -1.03. The molecule has 1 rings (SSSR count). The molecule has 0 bridgehead atoms. The number of carbonyl (C=O) groups excluding carboxylic acids is 1. The molecule has 0 aliphatic rings. The van der Waals surface area contributed by atoms with Crippen LogP contribution >= 0.6 is 15.9 Å². The molecule has 0 aliphatic carbocycles. The highest BCUT2D eigenvalue weighted by molar-refractivity contribution is 9.10. The fourth-order valence-electron chi connectivity index (χ4n) is 0.809. The fourth-order valence-corrected chi connectivity index (χ4v) is 1.22. The molecule has 0 spiro atoms. The van der Waals surface area contributed by atoms with Crippen molar-refractivity contribution in [2.45, 2.75) is 13.8 Å². The SMILES string of the molecule is CC.COC(=O)c1cc(N)ccc1Br. The third-order valence-corrected chi connectivity index (χ3v) is 2.09. The standard InChI is InChI=1S/C8H8BrNO2.C2H6/c1-12-8(11)6-4-5(10)2-3-7(6)9;1-2/h2-4H,10H2,1H3;1-2H3. The number of anilines is 1. The van der Waals surface area contributed by atoms with Crippen molar-refractivity contribution in [1.29, 1.82) is 0 Å². The Morgan fingerprint density at radius 3 is 2.50 bits per heavy atom. The van der Waals surface area contributed by atoms with Crippen LogP contribution in [-0.2, 0) is 4.74 Å². The van der Waals surface area contributed by atoms with Crippen LogP contribution in [0.15, 0.2) is 22.7 Å². The predicted octanol–water partition coefficient (Wildman–Crippen LogP) is 2.84. The molecule has 2 N–H and O–H groups in total. The fraction of sp³-hybridized carbons (Fsp3) is 0.300. The summed E-state index contributed by atoms with van der Waals surface area (Å²) in [5.41, 5.74) is 6.47. The summed E-state index contributed by atoms with van der Waals surface area (Å²) >= 11 is 3.22. The van der Waals surface area contributed by atoms with E-state index in [1.165, 1.54) is 7.11 Å². The van der Waals surface area contributed by atoms with E-state index in [-0.39, 0.29) is 0 Å². The number of hydrogen-bond acceptors (Lipinski definition) is 3. The van der Waals surface area contributed by atoms with Crippen molar-refractivity contribution in [3.63, 3.8) is 0 Å². The average molecular weight is 260 g/mol. The van der Waals surface area contributed by atoms with Gasteiger partial charge in [0.2, 0.25) is 0 Å². The summed E-state index contributed by atoms with van der Waals surface area (Å²) in [5, 5.41) is 0. The van der Waals surface area contributed by atoms with E-state index in [1.807, 2.05) is 13.8 Å². The Morgan fingerprint density at radius 2 is 2.00 bits per heavy atom. The Kier molecular flexibility index (Phi) is 5.95. The van der Waals surface area contributed by atoms with Crippen molar-refractivity contribution in [3.8, 4) is 0 Å². The van der Waals surface area contributed by atoms with Gasteiger partial charge >= 0.3 is 5.97 Å². The zero-order chi connectivity index (χ0) is 11.1. The molecule has 0 saturated heterocycles. The first kappa shape index (κ1) is 13.0. The van der Waals surface area contributed by atoms with Crippen LogP contribution in [0, 0.1) is 0 Å². The lowest BCUT2D eigenvalue weighted by molar-refractivity contribution is 0.0600. The van der Waals surface area contributed by atoms with Gasteiger partial charge in [-0.15, -0.1) is 0 Å². The molecule has 3 nitrogen and oxygen atoms in total. The maximum absolute atomic E-state index is 11.1. The monoisotopic (exact) mass is 259 g/mol. The van der Waals surface area contributed by atoms with Crippen LogP contribution in [0.2, 0.25) is 0 Å². The number of nitrogen functional groups attached to an aromatic ring is 1. The van der Waals surface area contributed by atoms with Crippen LogP contribution in [0.4, 0.5) is 5.69 Å². The van der Waals surface area contributed by atoms with E-state index in [9.17, 15) is 4.79 Å². The number of rotatable bonds is 1. The Morgan fingerprint density at radius 1 is 1.43 bits per heavy atom. The molecule has 0 atom stereocenters. The number of carbonyl (C=O) groups is 1. The van der Waals surface area contributed by atoms with Crippen LogP contribution in [0.25, 0.3) is 0 Å². The molecule has 0 aromatic heterocycles. The summed E-state index contributed by atoms with van der Waals surface area (Å²) in [4.78, 5) is 11.1. The average Bonchev–Trinajstić information content (AvgIpc) is 2.23. The quantitative estimate of drug-likeness (QED) is 0.624. The van der Waals surface area contributed by atoms with Gasteiger partial charge in [0, 0.05) is 10.2 Å². The van der Waals surface area contributed by atoms with Gasteiger partial charge in [-0.2, -0.15) is 0 Å². The number of methoxy groups -OCH3 is 1. The summed E-state index contributed by atoms with van der Waals surface area (Å²) < 4.78 is 5.23. The molecule has 0 amide bonds. The molecule has 4 heteroatoms. The Bertz CT molecular complexity index is 313. The molecular weight excluding hydrogens is 246 g/mol. The second-order valence-corrected chi connectivity index (χ2v) is 3.09. The first-order valence-corrected chi connectivity index (χ1v) is 5.08. The van der Waals surface area contributed by atoms with E-state index < -0.39 is 5.97 Å². The van der Waals surface area contributed by atoms with Crippen molar-refractivity contribution in [3.05, 3.63) is 28.2 Å². The van der Waals surface area contributed by atoms with Gasteiger partial charge in [-0.3, -0.25) is 0 Å². The van der Waals surface area contributed by atoms with E-state index in [1.54, 1.807) is 18.2 Å². The molecule has 0 radical (unpaired) electrons. The Labute approximate surface area is 92.4 Å². The van der Waals surface area contributed by atoms with E-state index in [0.717, 1.165) is 0 Å². The molecule has 1 aromatic rings. The maximum atomic E-state index is 11.1. The van der Waals surface area contributed by atoms with Crippen LogP contribution in [0.3, 0.4) is 0 Å². The van der Waals surface area contributed by atoms with Gasteiger partial charge in [-0.1, -0.05) is 13.8 Å². The molecule has 0 heterocycles. The zero-order valence-corrected chi connectivity index (χ0v) is 10.1. The molecule has 0 aliphatic heterocycles. The van der Waals surface area contributed by atoms with Gasteiger partial charge in [-0.05, 0) is 34.1 Å². The molecule has 0 saturated carbocycles. The summed E-state index contributed by atoms with van der Waals surface area (Å²) in [7, 11) is 1.33. The lowest BCUT2D eigenvalue weighted by Gasteiger charge is -2.02. The number of benzene rings is 1. The van der Waals surface area contributed by atoms with Crippen molar-refractivity contribution in [2.75, 3.05) is 12.8 Å². The van der Waals surface area contributed by atoms with Gasteiger partial charge in [0.15, 0.2) is 0 Å². The summed E-state index contributed by atoms with van der Waals surface area (Å²) in [5.74, 6) is -0.394. The van der Waals surface area contributed by atoms with Crippen molar-refractivity contribution >= 4 is 27.6 Å². The third kappa shape index (κ3) is 3.38. The smallest absolute Gasteiger partial charge is 0.339 e. The van der Waals surface area contributed by atoms with Gasteiger partial charge in [0.1, 0.15) is 0 Å². The molecule has 78 valence electrons. The minimum absolute atomic E-state index is 0.394. The number of hydrogen-bond donors (Lipinski definition) is 1. The van der Waals surface area contributed by atoms with Gasteiger partial charge in [-0.25, -0.2) is 4.79 Å². The van der Waals surface area contributed by atoms with E-state index >= 15 is 0 Å².